The average molecular weight is 323 g/mol. The molecule has 1 rings (SSSR count). The Morgan fingerprint density at radius 3 is 2.86 bits per heavy atom. The Bertz CT molecular complexity index is 471. The van der Waals surface area contributed by atoms with Crippen LogP contribution in [-0.4, -0.2) is 41.4 Å². The Morgan fingerprint density at radius 1 is 1.52 bits per heavy atom. The van der Waals surface area contributed by atoms with E-state index in [0.29, 0.717) is 19.6 Å². The molecule has 118 valence electrons. The fourth-order valence-corrected chi connectivity index (χ4v) is 2.12. The van der Waals surface area contributed by atoms with Crippen LogP contribution in [-0.2, 0) is 15.7 Å². The van der Waals surface area contributed by atoms with Gasteiger partial charge in [0.2, 0.25) is 5.91 Å². The van der Waals surface area contributed by atoms with Gasteiger partial charge >= 0.3 is 6.18 Å². The average Bonchev–Trinajstić information content (AvgIpc) is 2.42. The number of aromatic nitrogens is 2. The maximum atomic E-state index is 12.5. The Kier molecular flexibility index (Phi) is 6.90. The molecule has 0 aliphatic rings. The van der Waals surface area contributed by atoms with Gasteiger partial charge in [-0.05, 0) is 19.4 Å². The largest absolute Gasteiger partial charge is 0.433 e. The van der Waals surface area contributed by atoms with Gasteiger partial charge in [-0.3, -0.25) is 4.79 Å². The maximum Gasteiger partial charge on any atom is 0.433 e. The van der Waals surface area contributed by atoms with Crippen molar-refractivity contribution in [3.8, 4) is 0 Å². The van der Waals surface area contributed by atoms with Gasteiger partial charge in [-0.2, -0.15) is 13.2 Å². The van der Waals surface area contributed by atoms with Gasteiger partial charge in [0.25, 0.3) is 0 Å². The lowest BCUT2D eigenvalue weighted by atomic mass is 10.4. The predicted octanol–water partition coefficient (Wildman–Crippen LogP) is 2.13. The number of nitrogens with one attached hydrogen (secondary N) is 1. The normalized spacial score (nSPS) is 13.0. The smallest absolute Gasteiger partial charge is 0.385 e. The van der Waals surface area contributed by atoms with E-state index < -0.39 is 17.1 Å². The summed E-state index contributed by atoms with van der Waals surface area (Å²) in [6, 6.07) is 0.791. The standard InChI is InChI=1S/C12H16F3N3O2S/c1-8(10(19)16-5-3-7-20-2)21-11-17-6-4-9(18-11)12(13,14)15/h4,6,8H,3,5,7H2,1-2H3,(H,16,19). The summed E-state index contributed by atoms with van der Waals surface area (Å²) < 4.78 is 42.4. The molecule has 1 N–H and O–H groups in total. The van der Waals surface area contributed by atoms with Crippen molar-refractivity contribution < 1.29 is 22.7 Å². The number of carbonyl (C=O) groups is 1. The highest BCUT2D eigenvalue weighted by molar-refractivity contribution is 8.00. The fraction of sp³-hybridized carbons (Fsp3) is 0.583. The minimum Gasteiger partial charge on any atom is -0.385 e. The first-order valence-corrected chi connectivity index (χ1v) is 7.06. The zero-order valence-corrected chi connectivity index (χ0v) is 12.4. The molecular formula is C12H16F3N3O2S. The Labute approximate surface area is 124 Å². The van der Waals surface area contributed by atoms with Gasteiger partial charge < -0.3 is 10.1 Å². The van der Waals surface area contributed by atoms with Gasteiger partial charge in [-0.1, -0.05) is 11.8 Å². The molecule has 1 heterocycles. The number of amides is 1. The van der Waals surface area contributed by atoms with Crippen LogP contribution in [0.15, 0.2) is 17.4 Å². The fourth-order valence-electron chi connectivity index (χ4n) is 1.34. The lowest BCUT2D eigenvalue weighted by molar-refractivity contribution is -0.141. The van der Waals surface area contributed by atoms with Crippen molar-refractivity contribution in [1.29, 1.82) is 0 Å². The van der Waals surface area contributed by atoms with Crippen molar-refractivity contribution in [3.05, 3.63) is 18.0 Å². The first-order chi connectivity index (χ1) is 9.84. The van der Waals surface area contributed by atoms with Crippen LogP contribution in [0.2, 0.25) is 0 Å². The number of hydrogen-bond donors (Lipinski definition) is 1. The molecule has 1 unspecified atom stereocenters. The molecule has 5 nitrogen and oxygen atoms in total. The molecule has 0 saturated heterocycles. The Morgan fingerprint density at radius 2 is 2.24 bits per heavy atom. The minimum atomic E-state index is -4.52. The number of ether oxygens (including phenoxy) is 1. The molecule has 0 aromatic carbocycles. The third-order valence-electron chi connectivity index (χ3n) is 2.40. The Balaban J connectivity index is 2.54. The summed E-state index contributed by atoms with van der Waals surface area (Å²) in [5, 5.41) is 2.00. The van der Waals surface area contributed by atoms with Gasteiger partial charge in [0.05, 0.1) is 5.25 Å². The highest BCUT2D eigenvalue weighted by atomic mass is 32.2. The van der Waals surface area contributed by atoms with Crippen molar-refractivity contribution in [3.63, 3.8) is 0 Å². The number of hydrogen-bond acceptors (Lipinski definition) is 5. The second kappa shape index (κ2) is 8.18. The summed E-state index contributed by atoms with van der Waals surface area (Å²) in [6.45, 7) is 2.56. The van der Waals surface area contributed by atoms with E-state index in [9.17, 15) is 18.0 Å². The van der Waals surface area contributed by atoms with Crippen LogP contribution in [0.4, 0.5) is 13.2 Å². The van der Waals surface area contributed by atoms with Crippen LogP contribution in [0.5, 0.6) is 0 Å². The second-order valence-electron chi connectivity index (χ2n) is 4.12. The van der Waals surface area contributed by atoms with Gasteiger partial charge in [0, 0.05) is 26.5 Å². The molecule has 1 atom stereocenters. The summed E-state index contributed by atoms with van der Waals surface area (Å²) in [6.07, 6.45) is -2.83. The monoisotopic (exact) mass is 323 g/mol. The zero-order valence-electron chi connectivity index (χ0n) is 11.6. The molecule has 0 fully saturated rings. The molecule has 1 amide bonds. The van der Waals surface area contributed by atoms with Crippen LogP contribution in [0.1, 0.15) is 19.0 Å². The third kappa shape index (κ3) is 6.30. The molecule has 0 bridgehead atoms. The molecule has 0 radical (unpaired) electrons. The van der Waals surface area contributed by atoms with E-state index in [2.05, 4.69) is 15.3 Å². The highest BCUT2D eigenvalue weighted by Crippen LogP contribution is 2.29. The molecule has 0 saturated carbocycles. The summed E-state index contributed by atoms with van der Waals surface area (Å²) in [4.78, 5) is 18.9. The first-order valence-electron chi connectivity index (χ1n) is 6.18. The van der Waals surface area contributed by atoms with Crippen molar-refractivity contribution in [2.75, 3.05) is 20.3 Å². The van der Waals surface area contributed by atoms with Gasteiger partial charge in [0.15, 0.2) is 5.16 Å². The lowest BCUT2D eigenvalue weighted by Gasteiger charge is -2.12. The van der Waals surface area contributed by atoms with Crippen molar-refractivity contribution in [1.82, 2.24) is 15.3 Å². The molecule has 0 aliphatic carbocycles. The van der Waals surface area contributed by atoms with Gasteiger partial charge in [-0.25, -0.2) is 9.97 Å². The van der Waals surface area contributed by atoms with E-state index in [1.807, 2.05) is 0 Å². The SMILES string of the molecule is COCCCNC(=O)C(C)Sc1nccc(C(F)(F)F)n1. The summed E-state index contributed by atoms with van der Waals surface area (Å²) in [7, 11) is 1.56. The number of rotatable bonds is 7. The lowest BCUT2D eigenvalue weighted by Crippen LogP contribution is -2.32. The van der Waals surface area contributed by atoms with Gasteiger partial charge in [-0.15, -0.1) is 0 Å². The highest BCUT2D eigenvalue weighted by Gasteiger charge is 2.33. The number of alkyl halides is 3. The minimum absolute atomic E-state index is 0.0793. The van der Waals surface area contributed by atoms with Crippen LogP contribution < -0.4 is 5.32 Å². The topological polar surface area (TPSA) is 64.1 Å². The van der Waals surface area contributed by atoms with Crippen LogP contribution >= 0.6 is 11.8 Å². The number of carbonyl (C=O) groups excluding carboxylic acids is 1. The van der Waals surface area contributed by atoms with Crippen LogP contribution in [0.3, 0.4) is 0 Å². The van der Waals surface area contributed by atoms with Crippen molar-refractivity contribution >= 4 is 17.7 Å². The van der Waals surface area contributed by atoms with Gasteiger partial charge in [0.1, 0.15) is 5.69 Å². The van der Waals surface area contributed by atoms with E-state index in [1.165, 1.54) is 0 Å². The number of nitrogens with zero attached hydrogens (tertiary/aromatic N) is 2. The maximum absolute atomic E-state index is 12.5. The molecule has 21 heavy (non-hydrogen) atoms. The van der Waals surface area contributed by atoms with Crippen LogP contribution in [0, 0.1) is 0 Å². The second-order valence-corrected chi connectivity index (χ2v) is 5.43. The quantitative estimate of drug-likeness (QED) is 0.473. The van der Waals surface area contributed by atoms with Crippen molar-refractivity contribution in [2.24, 2.45) is 0 Å². The summed E-state index contributed by atoms with van der Waals surface area (Å²) >= 11 is 0.880. The zero-order chi connectivity index (χ0) is 15.9. The molecular weight excluding hydrogens is 307 g/mol. The molecule has 0 aliphatic heterocycles. The number of halogens is 3. The summed E-state index contributed by atoms with van der Waals surface area (Å²) in [5.74, 6) is -0.280. The first kappa shape index (κ1) is 17.7. The van der Waals surface area contributed by atoms with Crippen molar-refractivity contribution in [2.45, 2.75) is 29.9 Å². The van der Waals surface area contributed by atoms with E-state index in [-0.39, 0.29) is 11.1 Å². The van der Waals surface area contributed by atoms with Crippen LogP contribution in [0.25, 0.3) is 0 Å². The van der Waals surface area contributed by atoms with E-state index in [0.717, 1.165) is 24.0 Å². The molecule has 9 heteroatoms. The number of thioether (sulfide) groups is 1. The number of methoxy groups -OCH3 is 1. The Hall–Kier alpha value is -1.35. The molecule has 1 aromatic rings. The predicted molar refractivity (Wildman–Crippen MR) is 71.9 cm³/mol. The van der Waals surface area contributed by atoms with E-state index in [1.54, 1.807) is 14.0 Å². The van der Waals surface area contributed by atoms with E-state index >= 15 is 0 Å². The molecule has 0 spiro atoms. The summed E-state index contributed by atoms with van der Waals surface area (Å²) in [5.41, 5.74) is -1.02. The third-order valence-corrected chi connectivity index (χ3v) is 3.37. The van der Waals surface area contributed by atoms with E-state index in [4.69, 9.17) is 4.74 Å². The molecule has 1 aromatic heterocycles.